The van der Waals surface area contributed by atoms with Crippen molar-refractivity contribution >= 4 is 39.1 Å². The highest BCUT2D eigenvalue weighted by Gasteiger charge is 2.31. The van der Waals surface area contributed by atoms with E-state index in [1.807, 2.05) is 92.8 Å². The average molecular weight is 1020 g/mol. The summed E-state index contributed by atoms with van der Waals surface area (Å²) in [6, 6.07) is 31.6. The van der Waals surface area contributed by atoms with E-state index in [9.17, 15) is 15.4 Å². The minimum absolute atomic E-state index is 0.0388. The van der Waals surface area contributed by atoms with E-state index in [1.165, 1.54) is 12.5 Å². The second-order valence-electron chi connectivity index (χ2n) is 18.3. The number of fused-ring (bicyclic) bond motifs is 2. The fourth-order valence-corrected chi connectivity index (χ4v) is 9.09. The molecule has 0 bridgehead atoms. The Bertz CT molecular complexity index is 2850. The molecule has 1 saturated heterocycles. The van der Waals surface area contributed by atoms with Crippen LogP contribution in [0.3, 0.4) is 0 Å². The molecule has 4 aromatic carbocycles. The predicted octanol–water partition coefficient (Wildman–Crippen LogP) is 7.58. The highest BCUT2D eigenvalue weighted by Crippen LogP contribution is 2.36. The van der Waals surface area contributed by atoms with E-state index in [4.69, 9.17) is 40.7 Å². The summed E-state index contributed by atoms with van der Waals surface area (Å²) in [5.41, 5.74) is 9.82. The lowest BCUT2D eigenvalue weighted by Gasteiger charge is -2.34. The van der Waals surface area contributed by atoms with Crippen LogP contribution in [0.2, 0.25) is 0 Å². The fraction of sp³-hybridized carbons (Fsp3) is 0.400. The maximum absolute atomic E-state index is 10.3. The number of para-hydroxylation sites is 1. The van der Waals surface area contributed by atoms with E-state index >= 15 is 0 Å². The van der Waals surface area contributed by atoms with Crippen molar-refractivity contribution in [3.8, 4) is 23.0 Å². The number of nitrogens with one attached hydrogen (secondary N) is 3. The lowest BCUT2D eigenvalue weighted by molar-refractivity contribution is -0.0702. The number of nitrogens with two attached hydrogens (primary N) is 2. The zero-order valence-electron chi connectivity index (χ0n) is 43.2. The minimum atomic E-state index is -0.639. The number of rotatable bonds is 15. The number of methoxy groups -OCH3 is 4. The van der Waals surface area contributed by atoms with E-state index < -0.39 is 6.10 Å². The summed E-state index contributed by atoms with van der Waals surface area (Å²) in [7, 11) is 6.86. The number of phenols is 1. The van der Waals surface area contributed by atoms with Gasteiger partial charge in [-0.05, 0) is 118 Å². The molecule has 3 aromatic heterocycles. The van der Waals surface area contributed by atoms with Gasteiger partial charge in [-0.25, -0.2) is 5.84 Å². The van der Waals surface area contributed by atoms with Crippen LogP contribution in [-0.2, 0) is 15.9 Å². The molecule has 19 nitrogen and oxygen atoms in total. The van der Waals surface area contributed by atoms with Gasteiger partial charge in [-0.1, -0.05) is 54.6 Å². The van der Waals surface area contributed by atoms with Gasteiger partial charge in [-0.15, -0.1) is 9.83 Å². The number of pyridine rings is 1. The van der Waals surface area contributed by atoms with Gasteiger partial charge in [0.15, 0.2) is 22.8 Å². The van der Waals surface area contributed by atoms with Crippen LogP contribution in [0.1, 0.15) is 69.7 Å². The number of anilines is 3. The lowest BCUT2D eigenvalue weighted by atomic mass is 9.82. The first-order valence-electron chi connectivity index (χ1n) is 24.9. The van der Waals surface area contributed by atoms with Crippen LogP contribution >= 0.6 is 0 Å². The third kappa shape index (κ3) is 15.6. The highest BCUT2D eigenvalue weighted by atomic mass is 16.5. The molecule has 6 unspecified atom stereocenters. The second kappa shape index (κ2) is 28.2. The van der Waals surface area contributed by atoms with Gasteiger partial charge in [0.25, 0.3) is 0 Å². The number of phenolic OH excluding ortho intramolecular Hbond substituents is 1. The fourth-order valence-electron chi connectivity index (χ4n) is 9.09. The number of hydrogen-bond acceptors (Lipinski definition) is 18. The topological polar surface area (TPSA) is 267 Å². The molecule has 19 heteroatoms. The monoisotopic (exact) mass is 1020 g/mol. The van der Waals surface area contributed by atoms with Gasteiger partial charge in [0.05, 0.1) is 38.7 Å². The molecule has 2 fully saturated rings. The van der Waals surface area contributed by atoms with E-state index in [0.29, 0.717) is 28.9 Å². The Balaban J connectivity index is 0.000000166. The van der Waals surface area contributed by atoms with Gasteiger partial charge >= 0.3 is 0 Å². The molecule has 10 N–H and O–H groups in total. The molecule has 0 radical (unpaired) electrons. The normalized spacial score (nSPS) is 17.5. The Kier molecular flexibility index (Phi) is 21.4. The van der Waals surface area contributed by atoms with E-state index in [1.54, 1.807) is 58.9 Å². The molecule has 2 aliphatic rings. The summed E-state index contributed by atoms with van der Waals surface area (Å²) in [4.78, 5) is 10.8. The Morgan fingerprint density at radius 3 is 2.18 bits per heavy atom. The molecular formula is C55H73N11O8. The SMILES string of the molecule is CC(COc1ccccc1)NC(C)C(O)c1ccc(O)cc1.COc1cc2ccnc(CC3CCC(OC)C(OC)C3)c2cc1OC.N=c1cc(N2CCCCC2)nc(N)n1O.NNc1nncc2ccccc12. The Labute approximate surface area is 432 Å². The van der Waals surface area contributed by atoms with Crippen molar-refractivity contribution in [3.63, 3.8) is 0 Å². The first-order chi connectivity index (χ1) is 35.8. The number of aromatic nitrogens is 5. The van der Waals surface area contributed by atoms with Gasteiger partial charge < -0.3 is 60.5 Å². The summed E-state index contributed by atoms with van der Waals surface area (Å²) in [6.45, 7) is 6.36. The zero-order chi connectivity index (χ0) is 53.0. The van der Waals surface area contributed by atoms with Crippen LogP contribution in [0.5, 0.6) is 23.0 Å². The Morgan fingerprint density at radius 2 is 1.50 bits per heavy atom. The summed E-state index contributed by atoms with van der Waals surface area (Å²) in [5.74, 6) is 9.57. The number of nitrogens with zero attached hydrogens (tertiary/aromatic N) is 6. The maximum atomic E-state index is 10.3. The number of hydrogen-bond donors (Lipinski definition) is 8. The average Bonchev–Trinajstić information content (AvgIpc) is 3.44. The van der Waals surface area contributed by atoms with Crippen LogP contribution in [0, 0.1) is 11.3 Å². The number of benzene rings is 4. The molecule has 1 aliphatic carbocycles. The molecule has 74 heavy (non-hydrogen) atoms. The Morgan fingerprint density at radius 1 is 0.811 bits per heavy atom. The van der Waals surface area contributed by atoms with Crippen molar-refractivity contribution in [2.45, 2.75) is 89.2 Å². The highest BCUT2D eigenvalue weighted by molar-refractivity contribution is 5.90. The van der Waals surface area contributed by atoms with E-state index in [2.05, 4.69) is 35.8 Å². The van der Waals surface area contributed by atoms with Crippen molar-refractivity contribution < 1.29 is 39.1 Å². The van der Waals surface area contributed by atoms with Gasteiger partial charge in [0.1, 0.15) is 23.9 Å². The number of piperidine rings is 1. The second-order valence-corrected chi connectivity index (χ2v) is 18.3. The molecular weight excluding hydrogens is 943 g/mol. The van der Waals surface area contributed by atoms with E-state index in [-0.39, 0.29) is 41.5 Å². The van der Waals surface area contributed by atoms with Crippen molar-refractivity contribution in [1.29, 1.82) is 5.41 Å². The standard InChI is InChI=1S/C20H27NO4.C18H23NO3.C9H15N5O.C8H8N4/c1-22-17-6-5-13(10-18(17)23-2)9-16-15-12-20(25-4)19(24-3)11-14(15)7-8-21-16;1-13(12-22-17-6-4-3-5-7-17)19-14(2)18(21)15-8-10-16(20)11-9-15;10-7-6-8(12-9(11)14(7)15)13-4-2-1-3-5-13;9-11-8-7-4-2-1-3-6(7)5-10-12-8/h7-8,11-13,17-18H,5-6,9-10H2,1-4H3;3-11,13-14,18-21H,12H2,1-2H3;6,10,15H,1-5H2,(H2,11,12);1-5H,9H2,(H,11,12). The number of aromatic hydroxyl groups is 1. The summed E-state index contributed by atoms with van der Waals surface area (Å²) >= 11 is 0. The van der Waals surface area contributed by atoms with Crippen LogP contribution in [-0.4, -0.2) is 113 Å². The Hall–Kier alpha value is -7.29. The van der Waals surface area contributed by atoms with Crippen molar-refractivity contribution in [2.24, 2.45) is 11.8 Å². The number of aliphatic hydroxyl groups excluding tert-OH is 1. The molecule has 1 aliphatic heterocycles. The van der Waals surface area contributed by atoms with Gasteiger partial charge in [-0.3, -0.25) is 10.4 Å². The predicted molar refractivity (Wildman–Crippen MR) is 288 cm³/mol. The van der Waals surface area contributed by atoms with Gasteiger partial charge in [-0.2, -0.15) is 10.1 Å². The maximum Gasteiger partial charge on any atom is 0.238 e. The summed E-state index contributed by atoms with van der Waals surface area (Å²) < 4.78 is 28.3. The minimum Gasteiger partial charge on any atom is -0.508 e. The zero-order valence-corrected chi connectivity index (χ0v) is 43.2. The molecule has 0 amide bonds. The van der Waals surface area contributed by atoms with Crippen LogP contribution in [0.25, 0.3) is 21.5 Å². The third-order valence-electron chi connectivity index (χ3n) is 13.1. The number of nitrogen functional groups attached to an aromatic ring is 2. The van der Waals surface area contributed by atoms with Crippen LogP contribution in [0.15, 0.2) is 116 Å². The largest absolute Gasteiger partial charge is 0.508 e. The van der Waals surface area contributed by atoms with Gasteiger partial charge in [0.2, 0.25) is 5.95 Å². The number of aliphatic hydroxyl groups is 1. The van der Waals surface area contributed by atoms with Crippen molar-refractivity contribution in [2.75, 3.05) is 64.2 Å². The first-order valence-corrected chi connectivity index (χ1v) is 24.9. The van der Waals surface area contributed by atoms with Crippen molar-refractivity contribution in [1.82, 2.24) is 30.2 Å². The summed E-state index contributed by atoms with van der Waals surface area (Å²) in [6.07, 6.45) is 10.9. The number of ether oxygens (including phenoxy) is 5. The summed E-state index contributed by atoms with van der Waals surface area (Å²) in [5, 5.41) is 51.6. The molecule has 396 valence electrons. The van der Waals surface area contributed by atoms with Gasteiger partial charge in [0, 0.05) is 73.5 Å². The molecule has 0 spiro atoms. The van der Waals surface area contributed by atoms with E-state index in [0.717, 1.165) is 102 Å². The molecule has 1 saturated carbocycles. The van der Waals surface area contributed by atoms with Crippen molar-refractivity contribution in [3.05, 3.63) is 132 Å². The van der Waals surface area contributed by atoms with Crippen LogP contribution < -0.4 is 46.9 Å². The molecule has 4 heterocycles. The van der Waals surface area contributed by atoms with Crippen LogP contribution in [0.4, 0.5) is 17.6 Å². The third-order valence-corrected chi connectivity index (χ3v) is 13.1. The molecule has 9 rings (SSSR count). The lowest BCUT2D eigenvalue weighted by Crippen LogP contribution is -2.41. The quantitative estimate of drug-likeness (QED) is 0.0279. The molecule has 6 atom stereocenters. The molecule has 7 aromatic rings. The smallest absolute Gasteiger partial charge is 0.238 e. The number of hydrazine groups is 1. The first kappa shape index (κ1) is 56.0.